The second-order valence-corrected chi connectivity index (χ2v) is 7.65. The molecule has 0 spiro atoms. The molecule has 0 unspecified atom stereocenters. The fourth-order valence-corrected chi connectivity index (χ4v) is 3.55. The van der Waals surface area contributed by atoms with Crippen LogP contribution in [0.3, 0.4) is 0 Å². The Morgan fingerprint density at radius 2 is 2.00 bits per heavy atom. The van der Waals surface area contributed by atoms with E-state index in [1.165, 1.54) is 6.92 Å². The zero-order valence-electron chi connectivity index (χ0n) is 12.8. The average molecular weight is 302 g/mol. The summed E-state index contributed by atoms with van der Waals surface area (Å²) in [5.41, 5.74) is 0. The molecule has 1 rings (SSSR count). The van der Waals surface area contributed by atoms with Crippen molar-refractivity contribution in [3.05, 3.63) is 0 Å². The Labute approximate surface area is 123 Å². The smallest absolute Gasteiger partial charge is 0.235 e. The van der Waals surface area contributed by atoms with Gasteiger partial charge in [0.05, 0.1) is 0 Å². The molecule has 116 valence electrons. The Morgan fingerprint density at radius 1 is 1.35 bits per heavy atom. The predicted molar refractivity (Wildman–Crippen MR) is 80.7 cm³/mol. The standard InChI is InChI=1S/C14H26N2O3S/c1-10(2)11(3)20(19)9-14(18)16-7-5-6-13(8-16)15-12(4)17/h10-11,13H,5-9H2,1-4H3,(H,15,17)/t11-,13-,20+/m1/s1. The highest BCUT2D eigenvalue weighted by Gasteiger charge is 2.26. The van der Waals surface area contributed by atoms with Gasteiger partial charge in [0, 0.05) is 42.1 Å². The fraction of sp³-hybridized carbons (Fsp3) is 0.857. The van der Waals surface area contributed by atoms with E-state index in [4.69, 9.17) is 0 Å². The first-order valence-electron chi connectivity index (χ1n) is 7.23. The molecule has 0 radical (unpaired) electrons. The first-order chi connectivity index (χ1) is 9.31. The molecule has 0 aromatic carbocycles. The average Bonchev–Trinajstić information content (AvgIpc) is 2.37. The predicted octanol–water partition coefficient (Wildman–Crippen LogP) is 0.907. The molecule has 1 saturated heterocycles. The largest absolute Gasteiger partial charge is 0.352 e. The molecule has 1 fully saturated rings. The van der Waals surface area contributed by atoms with Crippen LogP contribution in [0.1, 0.15) is 40.5 Å². The summed E-state index contributed by atoms with van der Waals surface area (Å²) in [6.07, 6.45) is 1.78. The maximum Gasteiger partial charge on any atom is 0.235 e. The molecule has 1 heterocycles. The fourth-order valence-electron chi connectivity index (χ4n) is 2.26. The number of nitrogens with one attached hydrogen (secondary N) is 1. The summed E-state index contributed by atoms with van der Waals surface area (Å²) in [5.74, 6) is 0.260. The third kappa shape index (κ3) is 5.23. The van der Waals surface area contributed by atoms with Crippen LogP contribution < -0.4 is 5.32 Å². The molecule has 0 saturated carbocycles. The molecule has 0 aromatic rings. The van der Waals surface area contributed by atoms with E-state index in [-0.39, 0.29) is 28.9 Å². The third-order valence-electron chi connectivity index (χ3n) is 3.80. The van der Waals surface area contributed by atoms with E-state index >= 15 is 0 Å². The van der Waals surface area contributed by atoms with Crippen molar-refractivity contribution in [3.63, 3.8) is 0 Å². The van der Waals surface area contributed by atoms with Crippen molar-refractivity contribution in [2.24, 2.45) is 5.92 Å². The lowest BCUT2D eigenvalue weighted by Gasteiger charge is -2.33. The van der Waals surface area contributed by atoms with Crippen molar-refractivity contribution >= 4 is 22.6 Å². The number of carbonyl (C=O) groups is 2. The van der Waals surface area contributed by atoms with Crippen molar-refractivity contribution in [1.82, 2.24) is 10.2 Å². The van der Waals surface area contributed by atoms with E-state index in [0.29, 0.717) is 19.0 Å². The summed E-state index contributed by atoms with van der Waals surface area (Å²) in [6, 6.07) is 0.0288. The molecule has 2 amide bonds. The normalized spacial score (nSPS) is 22.4. The van der Waals surface area contributed by atoms with Crippen LogP contribution in [0.5, 0.6) is 0 Å². The van der Waals surface area contributed by atoms with E-state index < -0.39 is 10.8 Å². The molecule has 0 bridgehead atoms. The molecular weight excluding hydrogens is 276 g/mol. The first-order valence-corrected chi connectivity index (χ1v) is 8.61. The van der Waals surface area contributed by atoms with Gasteiger partial charge in [-0.25, -0.2) is 0 Å². The summed E-state index contributed by atoms with van der Waals surface area (Å²) < 4.78 is 12.1. The second kappa shape index (κ2) is 7.76. The van der Waals surface area contributed by atoms with Gasteiger partial charge in [-0.3, -0.25) is 13.8 Å². The number of hydrogen-bond donors (Lipinski definition) is 1. The molecule has 1 N–H and O–H groups in total. The number of rotatable bonds is 5. The quantitative estimate of drug-likeness (QED) is 0.821. The molecule has 3 atom stereocenters. The zero-order chi connectivity index (χ0) is 15.3. The summed E-state index contributed by atoms with van der Waals surface area (Å²) >= 11 is 0. The summed E-state index contributed by atoms with van der Waals surface area (Å²) in [7, 11) is -1.13. The van der Waals surface area contributed by atoms with Crippen LogP contribution in [0, 0.1) is 5.92 Å². The van der Waals surface area contributed by atoms with Crippen LogP contribution in [0.15, 0.2) is 0 Å². The van der Waals surface area contributed by atoms with Crippen LogP contribution in [0.25, 0.3) is 0 Å². The van der Waals surface area contributed by atoms with Gasteiger partial charge in [-0.05, 0) is 18.8 Å². The van der Waals surface area contributed by atoms with Crippen molar-refractivity contribution in [2.45, 2.75) is 51.8 Å². The van der Waals surface area contributed by atoms with Gasteiger partial charge in [-0.15, -0.1) is 0 Å². The van der Waals surface area contributed by atoms with Gasteiger partial charge in [0.1, 0.15) is 5.75 Å². The molecule has 5 nitrogen and oxygen atoms in total. The van der Waals surface area contributed by atoms with Crippen LogP contribution >= 0.6 is 0 Å². The second-order valence-electron chi connectivity index (χ2n) is 5.85. The van der Waals surface area contributed by atoms with Crippen molar-refractivity contribution in [3.8, 4) is 0 Å². The highest BCUT2D eigenvalue weighted by Crippen LogP contribution is 2.13. The van der Waals surface area contributed by atoms with Crippen molar-refractivity contribution < 1.29 is 13.8 Å². The van der Waals surface area contributed by atoms with Gasteiger partial charge in [0.2, 0.25) is 11.8 Å². The Morgan fingerprint density at radius 3 is 2.55 bits per heavy atom. The summed E-state index contributed by atoms with van der Waals surface area (Å²) in [4.78, 5) is 25.0. The van der Waals surface area contributed by atoms with E-state index in [1.54, 1.807) is 4.90 Å². The Kier molecular flexibility index (Phi) is 6.65. The SMILES string of the molecule is CC(=O)N[C@@H]1CCCN(C(=O)C[S@](=O)[C@H](C)C(C)C)C1. The number of carbonyl (C=O) groups excluding carboxylic acids is 2. The van der Waals surface area contributed by atoms with Gasteiger partial charge >= 0.3 is 0 Å². The van der Waals surface area contributed by atoms with Gasteiger partial charge in [0.25, 0.3) is 0 Å². The lowest BCUT2D eigenvalue weighted by molar-refractivity contribution is -0.130. The molecule has 1 aliphatic rings. The molecular formula is C14H26N2O3S. The number of likely N-dealkylation sites (tertiary alicyclic amines) is 1. The number of nitrogens with zero attached hydrogens (tertiary/aromatic N) is 1. The maximum atomic E-state index is 12.2. The summed E-state index contributed by atoms with van der Waals surface area (Å²) in [5, 5.41) is 2.88. The number of piperidine rings is 1. The van der Waals surface area contributed by atoms with Gasteiger partial charge in [0.15, 0.2) is 0 Å². The highest BCUT2D eigenvalue weighted by molar-refractivity contribution is 7.86. The monoisotopic (exact) mass is 302 g/mol. The maximum absolute atomic E-state index is 12.2. The Bertz CT molecular complexity index is 385. The zero-order valence-corrected chi connectivity index (χ0v) is 13.7. The van der Waals surface area contributed by atoms with Gasteiger partial charge in [-0.1, -0.05) is 20.8 Å². The van der Waals surface area contributed by atoms with E-state index in [9.17, 15) is 13.8 Å². The van der Waals surface area contributed by atoms with Crippen LogP contribution in [0.2, 0.25) is 0 Å². The van der Waals surface area contributed by atoms with E-state index in [0.717, 1.165) is 12.8 Å². The molecule has 0 aromatic heterocycles. The van der Waals surface area contributed by atoms with Crippen LogP contribution in [0.4, 0.5) is 0 Å². The first kappa shape index (κ1) is 17.1. The minimum Gasteiger partial charge on any atom is -0.352 e. The van der Waals surface area contributed by atoms with Gasteiger partial charge in [-0.2, -0.15) is 0 Å². The van der Waals surface area contributed by atoms with E-state index in [1.807, 2.05) is 20.8 Å². The minimum absolute atomic E-state index is 0.0230. The molecule has 6 heteroatoms. The lowest BCUT2D eigenvalue weighted by atomic mass is 10.1. The van der Waals surface area contributed by atoms with Crippen molar-refractivity contribution in [1.29, 1.82) is 0 Å². The summed E-state index contributed by atoms with van der Waals surface area (Å²) in [6.45, 7) is 8.67. The number of hydrogen-bond acceptors (Lipinski definition) is 3. The van der Waals surface area contributed by atoms with Crippen LogP contribution in [-0.2, 0) is 20.4 Å². The van der Waals surface area contributed by atoms with Gasteiger partial charge < -0.3 is 10.2 Å². The third-order valence-corrected chi connectivity index (χ3v) is 5.71. The molecule has 20 heavy (non-hydrogen) atoms. The van der Waals surface area contributed by atoms with Crippen molar-refractivity contribution in [2.75, 3.05) is 18.8 Å². The topological polar surface area (TPSA) is 66.5 Å². The van der Waals surface area contributed by atoms with E-state index in [2.05, 4.69) is 5.32 Å². The lowest BCUT2D eigenvalue weighted by Crippen LogP contribution is -2.50. The molecule has 1 aliphatic heterocycles. The Hall–Kier alpha value is -0.910. The highest BCUT2D eigenvalue weighted by atomic mass is 32.2. The Balaban J connectivity index is 2.50. The number of amides is 2. The van der Waals surface area contributed by atoms with Crippen LogP contribution in [-0.4, -0.2) is 51.1 Å². The minimum atomic E-state index is -1.13. The molecule has 0 aliphatic carbocycles.